The largest absolute Gasteiger partial charge is 0.497 e. The van der Waals surface area contributed by atoms with E-state index in [1.807, 2.05) is 0 Å². The zero-order valence-corrected chi connectivity index (χ0v) is 20.0. The van der Waals surface area contributed by atoms with Gasteiger partial charge < -0.3 is 29.7 Å². The van der Waals surface area contributed by atoms with E-state index in [1.54, 1.807) is 49.6 Å². The van der Waals surface area contributed by atoms with Gasteiger partial charge in [0.2, 0.25) is 5.91 Å². The molecule has 2 N–H and O–H groups in total. The first-order chi connectivity index (χ1) is 16.8. The van der Waals surface area contributed by atoms with Crippen molar-refractivity contribution in [2.75, 3.05) is 39.2 Å². The van der Waals surface area contributed by atoms with Gasteiger partial charge in [-0.3, -0.25) is 14.6 Å². The average Bonchev–Trinajstić information content (AvgIpc) is 3.10. The van der Waals surface area contributed by atoms with Crippen molar-refractivity contribution in [3.05, 3.63) is 53.1 Å². The van der Waals surface area contributed by atoms with E-state index in [4.69, 9.17) is 26.1 Å². The molecule has 0 bridgehead atoms. The fourth-order valence-electron chi connectivity index (χ4n) is 4.32. The maximum Gasteiger partial charge on any atom is 0.407 e. The van der Waals surface area contributed by atoms with Crippen LogP contribution in [0.4, 0.5) is 10.5 Å². The van der Waals surface area contributed by atoms with Crippen LogP contribution in [0.1, 0.15) is 18.4 Å². The van der Waals surface area contributed by atoms with Gasteiger partial charge in [0.25, 0.3) is 5.91 Å². The molecule has 0 aromatic heterocycles. The second-order valence-corrected chi connectivity index (χ2v) is 8.64. The Bertz CT molecular complexity index is 1180. The molecule has 2 aliphatic rings. The van der Waals surface area contributed by atoms with Gasteiger partial charge in [0.05, 0.1) is 19.2 Å². The lowest BCUT2D eigenvalue weighted by Crippen LogP contribution is -2.56. The SMILES string of the molecule is COc1ccc(C2=NC3(CCN(C(=O)O)CC3)N(CC(=O)Nc3ccc(OC)c(Cl)c3)C2=O)cc1. The minimum absolute atomic E-state index is 0.203. The number of hydrogen-bond donors (Lipinski definition) is 2. The van der Waals surface area contributed by atoms with Gasteiger partial charge in [0, 0.05) is 37.2 Å². The Labute approximate surface area is 207 Å². The Hall–Kier alpha value is -3.79. The van der Waals surface area contributed by atoms with Crippen LogP contribution >= 0.6 is 11.6 Å². The third-order valence-corrected chi connectivity index (χ3v) is 6.50. The summed E-state index contributed by atoms with van der Waals surface area (Å²) < 4.78 is 10.3. The molecule has 3 amide bonds. The first-order valence-electron chi connectivity index (χ1n) is 10.9. The molecule has 11 heteroatoms. The van der Waals surface area contributed by atoms with Crippen molar-refractivity contribution in [2.24, 2.45) is 4.99 Å². The van der Waals surface area contributed by atoms with Gasteiger partial charge in [0.15, 0.2) is 0 Å². The second-order valence-electron chi connectivity index (χ2n) is 8.23. The zero-order chi connectivity index (χ0) is 25.2. The number of ether oxygens (including phenoxy) is 2. The van der Waals surface area contributed by atoms with Crippen LogP contribution in [0.2, 0.25) is 5.02 Å². The number of carbonyl (C=O) groups is 3. The van der Waals surface area contributed by atoms with Gasteiger partial charge >= 0.3 is 6.09 Å². The van der Waals surface area contributed by atoms with Crippen LogP contribution in [0.25, 0.3) is 0 Å². The van der Waals surface area contributed by atoms with E-state index >= 15 is 0 Å². The summed E-state index contributed by atoms with van der Waals surface area (Å²) in [6.07, 6.45) is -0.456. The van der Waals surface area contributed by atoms with Gasteiger partial charge in [-0.15, -0.1) is 0 Å². The summed E-state index contributed by atoms with van der Waals surface area (Å²) in [5.41, 5.74) is 0.281. The van der Waals surface area contributed by atoms with Gasteiger partial charge in [-0.1, -0.05) is 11.6 Å². The zero-order valence-electron chi connectivity index (χ0n) is 19.3. The van der Waals surface area contributed by atoms with Crippen LogP contribution in [-0.2, 0) is 9.59 Å². The summed E-state index contributed by atoms with van der Waals surface area (Å²) >= 11 is 6.15. The molecule has 0 atom stereocenters. The Morgan fingerprint density at radius 3 is 2.37 bits per heavy atom. The van der Waals surface area contributed by atoms with Gasteiger partial charge in [0.1, 0.15) is 29.4 Å². The fourth-order valence-corrected chi connectivity index (χ4v) is 4.57. The Balaban J connectivity index is 1.58. The van der Waals surface area contributed by atoms with Crippen molar-refractivity contribution in [1.29, 1.82) is 0 Å². The van der Waals surface area contributed by atoms with E-state index in [0.717, 1.165) is 0 Å². The molecule has 1 saturated heterocycles. The minimum atomic E-state index is -1.02. The molecule has 1 spiro atoms. The number of carbonyl (C=O) groups excluding carboxylic acids is 2. The normalized spacial score (nSPS) is 16.8. The molecule has 4 rings (SSSR count). The van der Waals surface area contributed by atoms with Crippen molar-refractivity contribution in [3.63, 3.8) is 0 Å². The van der Waals surface area contributed by atoms with Gasteiger partial charge in [-0.05, 0) is 42.5 Å². The number of hydrogen-bond acceptors (Lipinski definition) is 6. The van der Waals surface area contributed by atoms with Gasteiger partial charge in [-0.2, -0.15) is 0 Å². The van der Waals surface area contributed by atoms with Crippen LogP contribution in [0.3, 0.4) is 0 Å². The highest BCUT2D eigenvalue weighted by atomic mass is 35.5. The van der Waals surface area contributed by atoms with Crippen LogP contribution in [0.5, 0.6) is 11.5 Å². The van der Waals surface area contributed by atoms with Crippen molar-refractivity contribution in [1.82, 2.24) is 9.80 Å². The first kappa shape index (κ1) is 24.3. The van der Waals surface area contributed by atoms with E-state index in [9.17, 15) is 19.5 Å². The molecule has 2 heterocycles. The first-order valence-corrected chi connectivity index (χ1v) is 11.3. The topological polar surface area (TPSA) is 121 Å². The Morgan fingerprint density at radius 2 is 1.80 bits per heavy atom. The molecule has 35 heavy (non-hydrogen) atoms. The van der Waals surface area contributed by atoms with Crippen LogP contribution < -0.4 is 14.8 Å². The number of likely N-dealkylation sites (tertiary alicyclic amines) is 1. The summed E-state index contributed by atoms with van der Waals surface area (Å²) in [6.45, 7) is 0.154. The molecule has 10 nitrogen and oxygen atoms in total. The molecule has 2 aromatic rings. The van der Waals surface area contributed by atoms with Crippen LogP contribution in [0, 0.1) is 0 Å². The predicted octanol–water partition coefficient (Wildman–Crippen LogP) is 3.10. The van der Waals surface area contributed by atoms with E-state index in [2.05, 4.69) is 5.32 Å². The summed E-state index contributed by atoms with van der Waals surface area (Å²) in [7, 11) is 3.04. The van der Waals surface area contributed by atoms with Gasteiger partial charge in [-0.25, -0.2) is 4.79 Å². The summed E-state index contributed by atoms with van der Waals surface area (Å²) in [5, 5.41) is 12.4. The highest BCUT2D eigenvalue weighted by Gasteiger charge is 2.50. The van der Waals surface area contributed by atoms with E-state index < -0.39 is 17.7 Å². The van der Waals surface area contributed by atoms with Crippen LogP contribution in [0.15, 0.2) is 47.5 Å². The summed E-state index contributed by atoms with van der Waals surface area (Å²) in [6, 6.07) is 11.8. The predicted molar refractivity (Wildman–Crippen MR) is 129 cm³/mol. The van der Waals surface area contributed by atoms with Crippen molar-refractivity contribution >= 4 is 40.9 Å². The lowest BCUT2D eigenvalue weighted by atomic mass is 9.96. The van der Waals surface area contributed by atoms with E-state index in [1.165, 1.54) is 16.9 Å². The van der Waals surface area contributed by atoms with E-state index in [0.29, 0.717) is 27.8 Å². The monoisotopic (exact) mass is 500 g/mol. The molecular formula is C24H25ClN4O6. The number of amides is 3. The van der Waals surface area contributed by atoms with Crippen molar-refractivity contribution in [3.8, 4) is 11.5 Å². The fraction of sp³-hybridized carbons (Fsp3) is 0.333. The number of carboxylic acid groups (broad SMARTS) is 1. The molecule has 2 aromatic carbocycles. The second kappa shape index (κ2) is 9.83. The van der Waals surface area contributed by atoms with Crippen molar-refractivity contribution < 1.29 is 29.0 Å². The van der Waals surface area contributed by atoms with Crippen LogP contribution in [-0.4, -0.2) is 78.0 Å². The maximum atomic E-state index is 13.5. The van der Waals surface area contributed by atoms with E-state index in [-0.39, 0.29) is 44.1 Å². The maximum absolute atomic E-state index is 13.5. The average molecular weight is 501 g/mol. The molecular weight excluding hydrogens is 476 g/mol. The highest BCUT2D eigenvalue weighted by molar-refractivity contribution is 6.47. The lowest BCUT2D eigenvalue weighted by molar-refractivity contribution is -0.134. The highest BCUT2D eigenvalue weighted by Crippen LogP contribution is 2.36. The molecule has 1 fully saturated rings. The number of anilines is 1. The number of methoxy groups -OCH3 is 2. The Kier molecular flexibility index (Phi) is 6.83. The molecule has 0 unspecified atom stereocenters. The minimum Gasteiger partial charge on any atom is -0.497 e. The number of nitrogens with zero attached hydrogens (tertiary/aromatic N) is 3. The lowest BCUT2D eigenvalue weighted by Gasteiger charge is -2.41. The molecule has 0 saturated carbocycles. The third kappa shape index (κ3) is 4.88. The molecule has 0 aliphatic carbocycles. The van der Waals surface area contributed by atoms with Crippen molar-refractivity contribution in [2.45, 2.75) is 18.5 Å². The molecule has 2 aliphatic heterocycles. The quantitative estimate of drug-likeness (QED) is 0.628. The smallest absolute Gasteiger partial charge is 0.407 e. The number of halogens is 1. The molecule has 0 radical (unpaired) electrons. The number of benzene rings is 2. The number of piperidine rings is 1. The number of rotatable bonds is 6. The summed E-state index contributed by atoms with van der Waals surface area (Å²) in [4.78, 5) is 45.4. The standard InChI is InChI=1S/C24H25ClN4O6/c1-34-17-6-3-15(4-7-17)21-22(31)29(24(27-21)9-11-28(12-10-24)23(32)33)14-20(30)26-16-5-8-19(35-2)18(25)13-16/h3-8,13H,9-12,14H2,1-2H3,(H,26,30)(H,32,33). The third-order valence-electron chi connectivity index (χ3n) is 6.21. The number of aliphatic imine (C=N–C) groups is 1. The number of nitrogens with one attached hydrogen (secondary N) is 1. The summed E-state index contributed by atoms with van der Waals surface area (Å²) in [5.74, 6) is 0.299. The molecule has 184 valence electrons. The Morgan fingerprint density at radius 1 is 1.11 bits per heavy atom.